The van der Waals surface area contributed by atoms with Crippen LogP contribution in [0.1, 0.15) is 11.3 Å². The molecule has 4 aromatic carbocycles. The SMILES string of the molecule is COc1ccc(C(Nc2ccc3c(c2)OCO3)P(=O)(Oc2ccccc2)Oc2ccccc2)cc1. The van der Waals surface area contributed by atoms with Gasteiger partial charge in [0.2, 0.25) is 6.79 Å². The Morgan fingerprint density at radius 2 is 1.34 bits per heavy atom. The zero-order valence-electron chi connectivity index (χ0n) is 19.0. The van der Waals surface area contributed by atoms with Crippen LogP contribution in [-0.2, 0) is 4.57 Å². The van der Waals surface area contributed by atoms with Gasteiger partial charge in [0, 0.05) is 11.8 Å². The molecule has 0 saturated heterocycles. The minimum atomic E-state index is -3.93. The molecule has 0 spiro atoms. The zero-order chi connectivity index (χ0) is 24.1. The standard InChI is InChI=1S/C27H24NO6P/c1-30-22-15-12-20(13-16-22)27(28-21-14-17-25-26(18-21)32-19-31-25)35(29,33-23-8-4-2-5-9-23)34-24-10-6-3-7-11-24/h2-18,27-28H,19H2,1H3. The predicted octanol–water partition coefficient (Wildman–Crippen LogP) is 6.89. The van der Waals surface area contributed by atoms with Gasteiger partial charge in [0.25, 0.3) is 0 Å². The second-order valence-electron chi connectivity index (χ2n) is 7.74. The summed E-state index contributed by atoms with van der Waals surface area (Å²) in [4.78, 5) is 0. The van der Waals surface area contributed by atoms with E-state index in [2.05, 4.69) is 5.32 Å². The molecule has 5 rings (SSSR count). The van der Waals surface area contributed by atoms with Gasteiger partial charge >= 0.3 is 7.60 Å². The van der Waals surface area contributed by atoms with Gasteiger partial charge < -0.3 is 28.6 Å². The van der Waals surface area contributed by atoms with E-state index in [4.69, 9.17) is 23.3 Å². The monoisotopic (exact) mass is 489 g/mol. The van der Waals surface area contributed by atoms with E-state index in [1.807, 2.05) is 54.6 Å². The summed E-state index contributed by atoms with van der Waals surface area (Å²) in [5, 5.41) is 3.35. The molecule has 0 amide bonds. The predicted molar refractivity (Wildman–Crippen MR) is 134 cm³/mol. The van der Waals surface area contributed by atoms with Crippen molar-refractivity contribution in [1.82, 2.24) is 0 Å². The highest BCUT2D eigenvalue weighted by Crippen LogP contribution is 2.60. The van der Waals surface area contributed by atoms with Crippen molar-refractivity contribution in [2.45, 2.75) is 5.78 Å². The average molecular weight is 489 g/mol. The number of ether oxygens (including phenoxy) is 3. The Morgan fingerprint density at radius 1 is 0.743 bits per heavy atom. The van der Waals surface area contributed by atoms with Crippen molar-refractivity contribution < 1.29 is 27.8 Å². The Labute approximate surface area is 203 Å². The number of hydrogen-bond acceptors (Lipinski definition) is 7. The van der Waals surface area contributed by atoms with Crippen molar-refractivity contribution in [3.05, 3.63) is 109 Å². The maximum Gasteiger partial charge on any atom is 0.457 e. The van der Waals surface area contributed by atoms with Crippen molar-refractivity contribution in [1.29, 1.82) is 0 Å². The van der Waals surface area contributed by atoms with Gasteiger partial charge in [0.1, 0.15) is 17.2 Å². The summed E-state index contributed by atoms with van der Waals surface area (Å²) in [7, 11) is -2.33. The molecule has 1 unspecified atom stereocenters. The molecule has 178 valence electrons. The summed E-state index contributed by atoms with van der Waals surface area (Å²) >= 11 is 0. The van der Waals surface area contributed by atoms with Crippen molar-refractivity contribution in [2.75, 3.05) is 19.2 Å². The Kier molecular flexibility index (Phi) is 6.51. The van der Waals surface area contributed by atoms with Crippen molar-refractivity contribution in [3.63, 3.8) is 0 Å². The number of hydrogen-bond donors (Lipinski definition) is 1. The van der Waals surface area contributed by atoms with E-state index in [0.717, 1.165) is 0 Å². The van der Waals surface area contributed by atoms with Gasteiger partial charge in [-0.3, -0.25) is 0 Å². The van der Waals surface area contributed by atoms with Crippen molar-refractivity contribution >= 4 is 13.3 Å². The number of methoxy groups -OCH3 is 1. The smallest absolute Gasteiger partial charge is 0.457 e. The average Bonchev–Trinajstić information content (AvgIpc) is 3.36. The lowest BCUT2D eigenvalue weighted by Gasteiger charge is -2.29. The topological polar surface area (TPSA) is 75.2 Å². The van der Waals surface area contributed by atoms with Crippen LogP contribution in [0.3, 0.4) is 0 Å². The summed E-state index contributed by atoms with van der Waals surface area (Å²) in [6, 6.07) is 30.7. The minimum absolute atomic E-state index is 0.160. The molecule has 1 atom stereocenters. The second-order valence-corrected chi connectivity index (χ2v) is 9.70. The highest BCUT2D eigenvalue weighted by molar-refractivity contribution is 7.55. The molecule has 35 heavy (non-hydrogen) atoms. The molecule has 1 aliphatic rings. The zero-order valence-corrected chi connectivity index (χ0v) is 19.9. The molecular weight excluding hydrogens is 465 g/mol. The molecule has 7 nitrogen and oxygen atoms in total. The number of para-hydroxylation sites is 2. The van der Waals surface area contributed by atoms with E-state index in [0.29, 0.717) is 40.0 Å². The first-order chi connectivity index (χ1) is 17.1. The number of benzene rings is 4. The molecule has 4 aromatic rings. The Morgan fingerprint density at radius 3 is 1.94 bits per heavy atom. The van der Waals surface area contributed by atoms with Crippen LogP contribution in [0, 0.1) is 0 Å². The molecule has 0 bridgehead atoms. The maximum atomic E-state index is 14.7. The molecule has 0 saturated carbocycles. The number of anilines is 1. The first-order valence-corrected chi connectivity index (χ1v) is 12.6. The van der Waals surface area contributed by atoms with Crippen molar-refractivity contribution in [2.24, 2.45) is 0 Å². The summed E-state index contributed by atoms with van der Waals surface area (Å²) in [6.07, 6.45) is 0. The van der Waals surface area contributed by atoms with Crippen LogP contribution in [0.2, 0.25) is 0 Å². The quantitative estimate of drug-likeness (QED) is 0.257. The van der Waals surface area contributed by atoms with Gasteiger partial charge in [-0.15, -0.1) is 0 Å². The highest BCUT2D eigenvalue weighted by Gasteiger charge is 2.41. The van der Waals surface area contributed by atoms with E-state index < -0.39 is 13.4 Å². The van der Waals surface area contributed by atoms with E-state index in [9.17, 15) is 4.57 Å². The normalized spacial score (nSPS) is 13.1. The van der Waals surface area contributed by atoms with Crippen LogP contribution in [0.5, 0.6) is 28.7 Å². The van der Waals surface area contributed by atoms with Crippen LogP contribution < -0.4 is 28.6 Å². The van der Waals surface area contributed by atoms with E-state index in [1.54, 1.807) is 55.6 Å². The van der Waals surface area contributed by atoms with Gasteiger partial charge in [-0.2, -0.15) is 0 Å². The third-order valence-corrected chi connectivity index (χ3v) is 7.37. The fourth-order valence-corrected chi connectivity index (χ4v) is 5.58. The van der Waals surface area contributed by atoms with Crippen molar-refractivity contribution in [3.8, 4) is 28.7 Å². The van der Waals surface area contributed by atoms with E-state index in [-0.39, 0.29) is 6.79 Å². The number of nitrogens with one attached hydrogen (secondary N) is 1. The molecule has 0 aliphatic carbocycles. The third kappa shape index (κ3) is 5.20. The summed E-state index contributed by atoms with van der Waals surface area (Å²) < 4.78 is 43.2. The molecule has 1 heterocycles. The van der Waals surface area contributed by atoms with Gasteiger partial charge in [-0.25, -0.2) is 4.57 Å². The van der Waals surface area contributed by atoms with E-state index >= 15 is 0 Å². The Bertz CT molecular complexity index is 1270. The lowest BCUT2D eigenvalue weighted by Crippen LogP contribution is -2.18. The largest absolute Gasteiger partial charge is 0.497 e. The molecule has 0 aromatic heterocycles. The van der Waals surface area contributed by atoms with Crippen LogP contribution in [-0.4, -0.2) is 13.9 Å². The molecule has 1 aliphatic heterocycles. The van der Waals surface area contributed by atoms with Gasteiger partial charge in [-0.1, -0.05) is 48.5 Å². The molecular formula is C27H24NO6P. The minimum Gasteiger partial charge on any atom is -0.497 e. The first kappa shape index (κ1) is 22.7. The first-order valence-electron chi connectivity index (χ1n) is 11.0. The van der Waals surface area contributed by atoms with Gasteiger partial charge in [-0.05, 0) is 54.1 Å². The highest BCUT2D eigenvalue weighted by atomic mass is 31.2. The number of fused-ring (bicyclic) bond motifs is 1. The van der Waals surface area contributed by atoms with Crippen LogP contribution in [0.25, 0.3) is 0 Å². The van der Waals surface area contributed by atoms with E-state index in [1.165, 1.54) is 0 Å². The second kappa shape index (κ2) is 10.0. The summed E-state index contributed by atoms with van der Waals surface area (Å²) in [5.74, 6) is 1.93. The summed E-state index contributed by atoms with van der Waals surface area (Å²) in [5.41, 5.74) is 1.36. The molecule has 8 heteroatoms. The van der Waals surface area contributed by atoms with Gasteiger partial charge in [0.15, 0.2) is 17.3 Å². The maximum absolute atomic E-state index is 14.7. The summed E-state index contributed by atoms with van der Waals surface area (Å²) in [6.45, 7) is 0.160. The molecule has 0 radical (unpaired) electrons. The van der Waals surface area contributed by atoms with Crippen LogP contribution in [0.15, 0.2) is 103 Å². The van der Waals surface area contributed by atoms with Crippen LogP contribution in [0.4, 0.5) is 5.69 Å². The van der Waals surface area contributed by atoms with Crippen LogP contribution >= 0.6 is 7.60 Å². The molecule has 1 N–H and O–H groups in total. The lowest BCUT2D eigenvalue weighted by atomic mass is 10.2. The fourth-order valence-electron chi connectivity index (χ4n) is 3.66. The fraction of sp³-hybridized carbons (Fsp3) is 0.111. The Balaban J connectivity index is 1.58. The van der Waals surface area contributed by atoms with Gasteiger partial charge in [0.05, 0.1) is 7.11 Å². The lowest BCUT2D eigenvalue weighted by molar-refractivity contribution is 0.174. The third-order valence-electron chi connectivity index (χ3n) is 5.38. The number of rotatable bonds is 9. The molecule has 0 fully saturated rings. The Hall–Kier alpha value is -4.09.